The highest BCUT2D eigenvalue weighted by atomic mass is 16.4. The van der Waals surface area contributed by atoms with Gasteiger partial charge in [0.2, 0.25) is 0 Å². The highest BCUT2D eigenvalue weighted by molar-refractivity contribution is 5.96. The van der Waals surface area contributed by atoms with Crippen molar-refractivity contribution in [3.8, 4) is 0 Å². The molecule has 2 heterocycles. The average molecular weight is 273 g/mol. The Morgan fingerprint density at radius 3 is 2.90 bits per heavy atom. The summed E-state index contributed by atoms with van der Waals surface area (Å²) in [5, 5.41) is 9.14. The van der Waals surface area contributed by atoms with Crippen molar-refractivity contribution in [3.05, 3.63) is 42.0 Å². The van der Waals surface area contributed by atoms with E-state index in [1.165, 1.54) is 12.3 Å². The number of hydrogen-bond acceptors (Lipinski definition) is 5. The van der Waals surface area contributed by atoms with Crippen molar-refractivity contribution in [2.45, 2.75) is 25.4 Å². The second-order valence-electron chi connectivity index (χ2n) is 4.84. The molecule has 1 saturated carbocycles. The summed E-state index contributed by atoms with van der Waals surface area (Å²) in [6.07, 6.45) is 5.20. The summed E-state index contributed by atoms with van der Waals surface area (Å²) < 4.78 is 5.35. The first-order chi connectivity index (χ1) is 9.66. The van der Waals surface area contributed by atoms with Gasteiger partial charge in [-0.2, -0.15) is 0 Å². The molecule has 0 atom stereocenters. The third-order valence-electron chi connectivity index (χ3n) is 3.37. The van der Waals surface area contributed by atoms with E-state index in [1.807, 2.05) is 17.0 Å². The normalized spacial score (nSPS) is 14.2. The van der Waals surface area contributed by atoms with E-state index in [9.17, 15) is 4.79 Å². The van der Waals surface area contributed by atoms with Crippen LogP contribution in [0.2, 0.25) is 0 Å². The van der Waals surface area contributed by atoms with Crippen molar-refractivity contribution >= 4 is 17.5 Å². The SMILES string of the molecule is Nc1c(C(=O)O)ccnc1N(Cc1ccco1)C1CC1. The first-order valence-electron chi connectivity index (χ1n) is 6.43. The number of carboxylic acid groups (broad SMARTS) is 1. The van der Waals surface area contributed by atoms with E-state index in [0.29, 0.717) is 18.4 Å². The van der Waals surface area contributed by atoms with Gasteiger partial charge in [-0.1, -0.05) is 0 Å². The maximum Gasteiger partial charge on any atom is 0.337 e. The third kappa shape index (κ3) is 2.32. The Labute approximate surface area is 115 Å². The van der Waals surface area contributed by atoms with E-state index in [4.69, 9.17) is 15.3 Å². The molecule has 0 aromatic carbocycles. The third-order valence-corrected chi connectivity index (χ3v) is 3.37. The van der Waals surface area contributed by atoms with E-state index in [0.717, 1.165) is 18.6 Å². The number of pyridine rings is 1. The van der Waals surface area contributed by atoms with Gasteiger partial charge in [0.1, 0.15) is 5.76 Å². The molecule has 2 aromatic heterocycles. The molecule has 1 aliphatic rings. The number of nitrogen functional groups attached to an aromatic ring is 1. The number of nitrogens with two attached hydrogens (primary N) is 1. The summed E-state index contributed by atoms with van der Waals surface area (Å²) in [6.45, 7) is 0.540. The number of anilines is 2. The van der Waals surface area contributed by atoms with Gasteiger partial charge < -0.3 is 20.2 Å². The lowest BCUT2D eigenvalue weighted by Crippen LogP contribution is -2.27. The summed E-state index contributed by atoms with van der Waals surface area (Å²) >= 11 is 0. The number of aromatic carboxylic acids is 1. The molecule has 0 amide bonds. The van der Waals surface area contributed by atoms with Crippen molar-refractivity contribution < 1.29 is 14.3 Å². The molecule has 1 fully saturated rings. The molecular formula is C14H15N3O3. The smallest absolute Gasteiger partial charge is 0.337 e. The van der Waals surface area contributed by atoms with Gasteiger partial charge in [0, 0.05) is 12.2 Å². The minimum atomic E-state index is -1.04. The number of furan rings is 1. The van der Waals surface area contributed by atoms with Gasteiger partial charge >= 0.3 is 5.97 Å². The van der Waals surface area contributed by atoms with Gasteiger partial charge in [-0.3, -0.25) is 0 Å². The second kappa shape index (κ2) is 4.88. The molecule has 2 aromatic rings. The largest absolute Gasteiger partial charge is 0.478 e. The van der Waals surface area contributed by atoms with Crippen LogP contribution < -0.4 is 10.6 Å². The predicted molar refractivity (Wildman–Crippen MR) is 73.5 cm³/mol. The zero-order chi connectivity index (χ0) is 14.1. The molecule has 3 N–H and O–H groups in total. The molecule has 0 bridgehead atoms. The van der Waals surface area contributed by atoms with Crippen LogP contribution in [0.5, 0.6) is 0 Å². The van der Waals surface area contributed by atoms with Crippen molar-refractivity contribution in [2.24, 2.45) is 0 Å². The molecule has 20 heavy (non-hydrogen) atoms. The van der Waals surface area contributed by atoms with Crippen molar-refractivity contribution in [1.29, 1.82) is 0 Å². The monoisotopic (exact) mass is 273 g/mol. The topological polar surface area (TPSA) is 92.6 Å². The first kappa shape index (κ1) is 12.5. The molecule has 6 heteroatoms. The number of rotatable bonds is 5. The van der Waals surface area contributed by atoms with Crippen LogP contribution in [0.4, 0.5) is 11.5 Å². The average Bonchev–Trinajstić information content (AvgIpc) is 3.14. The van der Waals surface area contributed by atoms with E-state index >= 15 is 0 Å². The fourth-order valence-electron chi connectivity index (χ4n) is 2.21. The molecule has 0 spiro atoms. The minimum absolute atomic E-state index is 0.0834. The number of carboxylic acids is 1. The van der Waals surface area contributed by atoms with Crippen LogP contribution in [-0.4, -0.2) is 22.1 Å². The van der Waals surface area contributed by atoms with Crippen LogP contribution in [0.25, 0.3) is 0 Å². The van der Waals surface area contributed by atoms with Crippen LogP contribution in [0.15, 0.2) is 35.1 Å². The Morgan fingerprint density at radius 2 is 2.30 bits per heavy atom. The lowest BCUT2D eigenvalue weighted by molar-refractivity contribution is 0.0698. The highest BCUT2D eigenvalue weighted by Crippen LogP contribution is 2.35. The fourth-order valence-corrected chi connectivity index (χ4v) is 2.21. The Kier molecular flexibility index (Phi) is 3.06. The summed E-state index contributed by atoms with van der Waals surface area (Å²) in [5.74, 6) is 0.280. The van der Waals surface area contributed by atoms with E-state index in [2.05, 4.69) is 4.98 Å². The van der Waals surface area contributed by atoms with Crippen LogP contribution in [0.3, 0.4) is 0 Å². The Hall–Kier alpha value is -2.50. The number of aromatic nitrogens is 1. The maximum atomic E-state index is 11.2. The summed E-state index contributed by atoms with van der Waals surface area (Å²) in [7, 11) is 0. The second-order valence-corrected chi connectivity index (χ2v) is 4.84. The molecular weight excluding hydrogens is 258 g/mol. The van der Waals surface area contributed by atoms with E-state index in [1.54, 1.807) is 6.26 Å². The Balaban J connectivity index is 1.95. The van der Waals surface area contributed by atoms with Gasteiger partial charge in [-0.15, -0.1) is 0 Å². The Morgan fingerprint density at radius 1 is 1.50 bits per heavy atom. The standard InChI is InChI=1S/C14H15N3O3/c15-12-11(14(18)19)5-6-16-13(12)17(9-3-4-9)8-10-2-1-7-20-10/h1-2,5-7,9H,3-4,8,15H2,(H,18,19). The number of nitrogens with zero attached hydrogens (tertiary/aromatic N) is 2. The van der Waals surface area contributed by atoms with Gasteiger partial charge in [0.25, 0.3) is 0 Å². The molecule has 0 saturated heterocycles. The van der Waals surface area contributed by atoms with Gasteiger partial charge in [0.05, 0.1) is 24.1 Å². The van der Waals surface area contributed by atoms with Crippen LogP contribution >= 0.6 is 0 Å². The molecule has 104 valence electrons. The van der Waals surface area contributed by atoms with Crippen LogP contribution in [0, 0.1) is 0 Å². The van der Waals surface area contributed by atoms with Crippen molar-refractivity contribution in [1.82, 2.24) is 4.98 Å². The lowest BCUT2D eigenvalue weighted by atomic mass is 10.2. The van der Waals surface area contributed by atoms with Gasteiger partial charge in [-0.05, 0) is 31.0 Å². The molecule has 6 nitrogen and oxygen atoms in total. The lowest BCUT2D eigenvalue weighted by Gasteiger charge is -2.24. The fraction of sp³-hybridized carbons (Fsp3) is 0.286. The van der Waals surface area contributed by atoms with Gasteiger partial charge in [0.15, 0.2) is 5.82 Å². The molecule has 0 unspecified atom stereocenters. The Bertz CT molecular complexity index is 621. The first-order valence-corrected chi connectivity index (χ1v) is 6.43. The zero-order valence-electron chi connectivity index (χ0n) is 10.8. The van der Waals surface area contributed by atoms with Crippen LogP contribution in [-0.2, 0) is 6.54 Å². The minimum Gasteiger partial charge on any atom is -0.478 e. The van der Waals surface area contributed by atoms with E-state index in [-0.39, 0.29) is 11.3 Å². The predicted octanol–water partition coefficient (Wildman–Crippen LogP) is 2.12. The molecule has 3 rings (SSSR count). The summed E-state index contributed by atoms with van der Waals surface area (Å²) in [4.78, 5) is 17.4. The van der Waals surface area contributed by atoms with E-state index < -0.39 is 5.97 Å². The summed E-state index contributed by atoms with van der Waals surface area (Å²) in [5.41, 5.74) is 6.25. The summed E-state index contributed by atoms with van der Waals surface area (Å²) in [6, 6.07) is 5.47. The maximum absolute atomic E-state index is 11.2. The van der Waals surface area contributed by atoms with Gasteiger partial charge in [-0.25, -0.2) is 9.78 Å². The number of hydrogen-bond donors (Lipinski definition) is 2. The van der Waals surface area contributed by atoms with Crippen molar-refractivity contribution in [3.63, 3.8) is 0 Å². The van der Waals surface area contributed by atoms with Crippen LogP contribution in [0.1, 0.15) is 29.0 Å². The molecule has 0 aliphatic heterocycles. The molecule has 1 aliphatic carbocycles. The zero-order valence-corrected chi connectivity index (χ0v) is 10.8. The number of carbonyl (C=O) groups is 1. The highest BCUT2D eigenvalue weighted by Gasteiger charge is 2.32. The molecule has 0 radical (unpaired) electrons. The van der Waals surface area contributed by atoms with Crippen molar-refractivity contribution in [2.75, 3.05) is 10.6 Å². The quantitative estimate of drug-likeness (QED) is 0.866.